The number of nitrogens with zero attached hydrogens (tertiary/aromatic N) is 3. The fourth-order valence-corrected chi connectivity index (χ4v) is 1.57. The van der Waals surface area contributed by atoms with Gasteiger partial charge in [-0.2, -0.15) is 10.4 Å². The van der Waals surface area contributed by atoms with E-state index >= 15 is 0 Å². The van der Waals surface area contributed by atoms with Crippen LogP contribution in [0.4, 0.5) is 4.39 Å². The Morgan fingerprint density at radius 3 is 2.88 bits per heavy atom. The number of hydrogen-bond acceptors (Lipinski definition) is 4. The Kier molecular flexibility index (Phi) is 3.30. The molecule has 0 N–H and O–H groups in total. The van der Waals surface area contributed by atoms with Gasteiger partial charge in [-0.3, -0.25) is 0 Å². The lowest BCUT2D eigenvalue weighted by Gasteiger charge is -2.06. The highest BCUT2D eigenvalue weighted by molar-refractivity contribution is 9.10. The van der Waals surface area contributed by atoms with Crippen LogP contribution < -0.4 is 4.74 Å². The van der Waals surface area contributed by atoms with Crippen LogP contribution in [0.5, 0.6) is 11.6 Å². The SMILES string of the molecule is N#Cc1ccnnc1Oc1ccc(F)cc1Br. The molecule has 0 saturated carbocycles. The van der Waals surface area contributed by atoms with Crippen molar-refractivity contribution in [3.63, 3.8) is 0 Å². The monoisotopic (exact) mass is 293 g/mol. The van der Waals surface area contributed by atoms with Crippen molar-refractivity contribution in [2.24, 2.45) is 0 Å². The van der Waals surface area contributed by atoms with Crippen LogP contribution in [-0.2, 0) is 0 Å². The first-order chi connectivity index (χ1) is 8.20. The van der Waals surface area contributed by atoms with E-state index in [-0.39, 0.29) is 17.3 Å². The van der Waals surface area contributed by atoms with E-state index in [1.807, 2.05) is 6.07 Å². The maximum atomic E-state index is 12.9. The largest absolute Gasteiger partial charge is 0.435 e. The molecule has 17 heavy (non-hydrogen) atoms. The van der Waals surface area contributed by atoms with Crippen LogP contribution in [0.1, 0.15) is 5.56 Å². The first-order valence-corrected chi connectivity index (χ1v) is 5.34. The predicted molar refractivity (Wildman–Crippen MR) is 60.9 cm³/mol. The van der Waals surface area contributed by atoms with Gasteiger partial charge in [-0.15, -0.1) is 5.10 Å². The predicted octanol–water partition coefficient (Wildman–Crippen LogP) is 3.04. The first-order valence-electron chi connectivity index (χ1n) is 4.55. The summed E-state index contributed by atoms with van der Waals surface area (Å²) in [4.78, 5) is 0. The van der Waals surface area contributed by atoms with Crippen LogP contribution in [0, 0.1) is 17.1 Å². The molecule has 0 spiro atoms. The molecule has 0 atom stereocenters. The van der Waals surface area contributed by atoms with E-state index in [1.54, 1.807) is 0 Å². The minimum absolute atomic E-state index is 0.0855. The number of halogens is 2. The van der Waals surface area contributed by atoms with Crippen molar-refractivity contribution in [1.82, 2.24) is 10.2 Å². The molecule has 1 heterocycles. The Labute approximate surface area is 105 Å². The fourth-order valence-electron chi connectivity index (χ4n) is 1.14. The summed E-state index contributed by atoms with van der Waals surface area (Å²) in [6, 6.07) is 7.37. The number of rotatable bonds is 2. The highest BCUT2D eigenvalue weighted by atomic mass is 79.9. The zero-order valence-corrected chi connectivity index (χ0v) is 9.98. The molecule has 0 aliphatic carbocycles. The molecule has 4 nitrogen and oxygen atoms in total. The molecule has 0 amide bonds. The Hall–Kier alpha value is -2.00. The minimum Gasteiger partial charge on any atom is -0.435 e. The van der Waals surface area contributed by atoms with Gasteiger partial charge in [0.15, 0.2) is 0 Å². The van der Waals surface area contributed by atoms with Crippen molar-refractivity contribution in [3.8, 4) is 17.7 Å². The highest BCUT2D eigenvalue weighted by Gasteiger charge is 2.09. The summed E-state index contributed by atoms with van der Waals surface area (Å²) in [5.41, 5.74) is 0.260. The van der Waals surface area contributed by atoms with Crippen LogP contribution in [0.2, 0.25) is 0 Å². The average Bonchev–Trinajstić information content (AvgIpc) is 2.33. The number of nitriles is 1. The van der Waals surface area contributed by atoms with Crippen molar-refractivity contribution in [2.45, 2.75) is 0 Å². The molecule has 2 aromatic rings. The van der Waals surface area contributed by atoms with Gasteiger partial charge in [0.1, 0.15) is 23.2 Å². The summed E-state index contributed by atoms with van der Waals surface area (Å²) in [5, 5.41) is 16.2. The quantitative estimate of drug-likeness (QED) is 0.854. The maximum Gasteiger partial charge on any atom is 0.256 e. The van der Waals surface area contributed by atoms with Gasteiger partial charge in [0.2, 0.25) is 0 Å². The molecule has 2 rings (SSSR count). The molecule has 0 fully saturated rings. The Morgan fingerprint density at radius 2 is 2.18 bits per heavy atom. The number of ether oxygens (including phenoxy) is 1. The molecule has 0 saturated heterocycles. The third-order valence-electron chi connectivity index (χ3n) is 1.91. The summed E-state index contributed by atoms with van der Waals surface area (Å²) in [5.74, 6) is 0.0644. The van der Waals surface area contributed by atoms with E-state index in [1.165, 1.54) is 30.5 Å². The van der Waals surface area contributed by atoms with E-state index in [4.69, 9.17) is 10.00 Å². The minimum atomic E-state index is -0.385. The Morgan fingerprint density at radius 1 is 1.35 bits per heavy atom. The first kappa shape index (κ1) is 11.5. The zero-order chi connectivity index (χ0) is 12.3. The van der Waals surface area contributed by atoms with Crippen molar-refractivity contribution >= 4 is 15.9 Å². The summed E-state index contributed by atoms with van der Waals surface area (Å²) in [7, 11) is 0. The van der Waals surface area contributed by atoms with Crippen molar-refractivity contribution in [1.29, 1.82) is 5.26 Å². The molecule has 1 aromatic carbocycles. The number of hydrogen-bond donors (Lipinski definition) is 0. The van der Waals surface area contributed by atoms with E-state index in [0.717, 1.165) is 0 Å². The van der Waals surface area contributed by atoms with Crippen LogP contribution in [0.25, 0.3) is 0 Å². The van der Waals surface area contributed by atoms with Crippen LogP contribution in [0.15, 0.2) is 34.9 Å². The van der Waals surface area contributed by atoms with Gasteiger partial charge in [-0.1, -0.05) is 0 Å². The van der Waals surface area contributed by atoms with Gasteiger partial charge in [0.25, 0.3) is 5.88 Å². The van der Waals surface area contributed by atoms with Gasteiger partial charge >= 0.3 is 0 Å². The molecule has 6 heteroatoms. The highest BCUT2D eigenvalue weighted by Crippen LogP contribution is 2.30. The van der Waals surface area contributed by atoms with Crippen molar-refractivity contribution in [3.05, 3.63) is 46.3 Å². The van der Waals surface area contributed by atoms with Crippen molar-refractivity contribution in [2.75, 3.05) is 0 Å². The molecule has 0 unspecified atom stereocenters. The lowest BCUT2D eigenvalue weighted by atomic mass is 10.3. The van der Waals surface area contributed by atoms with Crippen molar-refractivity contribution < 1.29 is 9.13 Å². The lowest BCUT2D eigenvalue weighted by Crippen LogP contribution is -1.94. The summed E-state index contributed by atoms with van der Waals surface area (Å²) in [6.45, 7) is 0. The van der Waals surface area contributed by atoms with Gasteiger partial charge < -0.3 is 4.74 Å². The second kappa shape index (κ2) is 4.89. The molecule has 0 aliphatic rings. The van der Waals surface area contributed by atoms with E-state index in [0.29, 0.717) is 10.2 Å². The van der Waals surface area contributed by atoms with Crippen LogP contribution in [0.3, 0.4) is 0 Å². The van der Waals surface area contributed by atoms with E-state index in [9.17, 15) is 4.39 Å². The lowest BCUT2D eigenvalue weighted by molar-refractivity contribution is 0.449. The molecule has 0 radical (unpaired) electrons. The smallest absolute Gasteiger partial charge is 0.256 e. The third-order valence-corrected chi connectivity index (χ3v) is 2.53. The second-order valence-electron chi connectivity index (χ2n) is 3.04. The Balaban J connectivity index is 2.35. The van der Waals surface area contributed by atoms with E-state index in [2.05, 4.69) is 26.1 Å². The average molecular weight is 294 g/mol. The molecule has 84 valence electrons. The molecule has 0 bridgehead atoms. The molecule has 1 aromatic heterocycles. The number of benzene rings is 1. The Bertz CT molecular complexity index is 598. The van der Waals surface area contributed by atoms with Gasteiger partial charge in [-0.05, 0) is 40.2 Å². The molecule has 0 aliphatic heterocycles. The van der Waals surface area contributed by atoms with Crippen LogP contribution >= 0.6 is 15.9 Å². The number of aromatic nitrogens is 2. The standard InChI is InChI=1S/C11H5BrFN3O/c12-9-5-8(13)1-2-10(9)17-11-7(6-14)3-4-15-16-11/h1-5H. The van der Waals surface area contributed by atoms with E-state index < -0.39 is 0 Å². The second-order valence-corrected chi connectivity index (χ2v) is 3.89. The normalized spacial score (nSPS) is 9.71. The van der Waals surface area contributed by atoms with Gasteiger partial charge in [0, 0.05) is 0 Å². The topological polar surface area (TPSA) is 58.8 Å². The third kappa shape index (κ3) is 2.57. The van der Waals surface area contributed by atoms with Crippen LogP contribution in [-0.4, -0.2) is 10.2 Å². The summed E-state index contributed by atoms with van der Waals surface area (Å²) >= 11 is 3.15. The van der Waals surface area contributed by atoms with Gasteiger partial charge in [0.05, 0.1) is 10.7 Å². The molecular weight excluding hydrogens is 289 g/mol. The zero-order valence-electron chi connectivity index (χ0n) is 8.39. The summed E-state index contributed by atoms with van der Waals surface area (Å²) in [6.07, 6.45) is 1.39. The maximum absolute atomic E-state index is 12.9. The van der Waals surface area contributed by atoms with Gasteiger partial charge in [-0.25, -0.2) is 4.39 Å². The fraction of sp³-hybridized carbons (Fsp3) is 0. The molecular formula is C11H5BrFN3O. The summed E-state index contributed by atoms with van der Waals surface area (Å²) < 4.78 is 18.7.